The molecule has 2 N–H and O–H groups in total. The standard InChI is InChI=1S/C16H28N2S/c1-5-18(6-2)11-12-19-16(14(4)17)15-10-8-7-9-13(15)3/h7-10,14,16H,5-6,11-12,17H2,1-4H3. The highest BCUT2D eigenvalue weighted by molar-refractivity contribution is 7.99. The van der Waals surface area contributed by atoms with E-state index < -0.39 is 0 Å². The van der Waals surface area contributed by atoms with Gasteiger partial charge in [0.2, 0.25) is 0 Å². The predicted octanol–water partition coefficient (Wildman–Crippen LogP) is 3.46. The summed E-state index contributed by atoms with van der Waals surface area (Å²) in [6, 6.07) is 8.78. The second kappa shape index (κ2) is 8.62. The number of rotatable bonds is 8. The van der Waals surface area contributed by atoms with Crippen molar-refractivity contribution < 1.29 is 0 Å². The van der Waals surface area contributed by atoms with E-state index in [0.717, 1.165) is 25.4 Å². The van der Waals surface area contributed by atoms with Crippen LogP contribution in [-0.2, 0) is 0 Å². The van der Waals surface area contributed by atoms with Gasteiger partial charge in [0.25, 0.3) is 0 Å². The molecule has 3 heteroatoms. The molecule has 2 unspecified atom stereocenters. The molecule has 0 aliphatic carbocycles. The molecule has 0 fully saturated rings. The molecule has 19 heavy (non-hydrogen) atoms. The first kappa shape index (κ1) is 16.5. The number of nitrogens with zero attached hydrogens (tertiary/aromatic N) is 1. The lowest BCUT2D eigenvalue weighted by Crippen LogP contribution is -2.28. The van der Waals surface area contributed by atoms with Gasteiger partial charge < -0.3 is 10.6 Å². The second-order valence-electron chi connectivity index (χ2n) is 5.03. The Morgan fingerprint density at radius 1 is 1.21 bits per heavy atom. The maximum absolute atomic E-state index is 6.19. The summed E-state index contributed by atoms with van der Waals surface area (Å²) in [7, 11) is 0. The molecule has 0 aliphatic heterocycles. The predicted molar refractivity (Wildman–Crippen MR) is 87.8 cm³/mol. The molecule has 0 aliphatic rings. The van der Waals surface area contributed by atoms with Crippen LogP contribution in [0.25, 0.3) is 0 Å². The number of nitrogens with two attached hydrogens (primary N) is 1. The third kappa shape index (κ3) is 5.17. The van der Waals surface area contributed by atoms with Crippen LogP contribution in [0.3, 0.4) is 0 Å². The zero-order chi connectivity index (χ0) is 14.3. The Bertz CT molecular complexity index is 362. The number of thioether (sulfide) groups is 1. The van der Waals surface area contributed by atoms with E-state index in [4.69, 9.17) is 5.73 Å². The van der Waals surface area contributed by atoms with E-state index in [1.54, 1.807) is 0 Å². The molecule has 0 bridgehead atoms. The normalized spacial score (nSPS) is 14.6. The molecule has 0 saturated heterocycles. The van der Waals surface area contributed by atoms with Crippen LogP contribution in [0.5, 0.6) is 0 Å². The maximum Gasteiger partial charge on any atom is 0.0448 e. The van der Waals surface area contributed by atoms with Crippen molar-refractivity contribution >= 4 is 11.8 Å². The molecule has 0 spiro atoms. The van der Waals surface area contributed by atoms with Crippen molar-refractivity contribution in [1.82, 2.24) is 4.90 Å². The highest BCUT2D eigenvalue weighted by atomic mass is 32.2. The minimum atomic E-state index is 0.183. The van der Waals surface area contributed by atoms with Crippen LogP contribution in [0.4, 0.5) is 0 Å². The molecule has 0 aromatic heterocycles. The van der Waals surface area contributed by atoms with E-state index in [0.29, 0.717) is 5.25 Å². The molecule has 0 amide bonds. The van der Waals surface area contributed by atoms with Gasteiger partial charge in [0.1, 0.15) is 0 Å². The molecular formula is C16H28N2S. The summed E-state index contributed by atoms with van der Waals surface area (Å²) in [5, 5.41) is 0.400. The summed E-state index contributed by atoms with van der Waals surface area (Å²) in [6.45, 7) is 12.1. The fraction of sp³-hybridized carbons (Fsp3) is 0.625. The monoisotopic (exact) mass is 280 g/mol. The fourth-order valence-corrected chi connectivity index (χ4v) is 3.64. The Balaban J connectivity index is 2.62. The van der Waals surface area contributed by atoms with Crippen LogP contribution in [0.1, 0.15) is 37.1 Å². The molecule has 2 nitrogen and oxygen atoms in total. The first-order valence-electron chi connectivity index (χ1n) is 7.25. The average molecular weight is 280 g/mol. The molecule has 2 atom stereocenters. The summed E-state index contributed by atoms with van der Waals surface area (Å²) in [6.07, 6.45) is 0. The van der Waals surface area contributed by atoms with E-state index in [-0.39, 0.29) is 6.04 Å². The molecule has 108 valence electrons. The Hall–Kier alpha value is -0.510. The van der Waals surface area contributed by atoms with Gasteiger partial charge in [-0.1, -0.05) is 38.1 Å². The van der Waals surface area contributed by atoms with Crippen LogP contribution in [0, 0.1) is 6.92 Å². The Kier molecular flexibility index (Phi) is 7.51. The third-order valence-electron chi connectivity index (χ3n) is 3.57. The van der Waals surface area contributed by atoms with Crippen molar-refractivity contribution in [2.75, 3.05) is 25.4 Å². The average Bonchev–Trinajstić information content (AvgIpc) is 2.40. The van der Waals surface area contributed by atoms with Crippen LogP contribution < -0.4 is 5.73 Å². The minimum Gasteiger partial charge on any atom is -0.327 e. The van der Waals surface area contributed by atoms with Gasteiger partial charge in [-0.2, -0.15) is 11.8 Å². The van der Waals surface area contributed by atoms with Gasteiger partial charge in [-0.25, -0.2) is 0 Å². The summed E-state index contributed by atoms with van der Waals surface area (Å²) in [5.74, 6) is 1.14. The number of hydrogen-bond acceptors (Lipinski definition) is 3. The summed E-state index contributed by atoms with van der Waals surface area (Å²) < 4.78 is 0. The van der Waals surface area contributed by atoms with Gasteiger partial charge in [-0.15, -0.1) is 0 Å². The second-order valence-corrected chi connectivity index (χ2v) is 6.28. The molecule has 0 radical (unpaired) electrons. The molecule has 1 aromatic rings. The van der Waals surface area contributed by atoms with Crippen LogP contribution in [0.2, 0.25) is 0 Å². The lowest BCUT2D eigenvalue weighted by molar-refractivity contribution is 0.323. The first-order valence-corrected chi connectivity index (χ1v) is 8.30. The van der Waals surface area contributed by atoms with Gasteiger partial charge in [-0.05, 0) is 38.1 Å². The Labute approximate surface area is 122 Å². The number of benzene rings is 1. The smallest absolute Gasteiger partial charge is 0.0448 e. The van der Waals surface area contributed by atoms with Crippen molar-refractivity contribution in [3.63, 3.8) is 0 Å². The summed E-state index contributed by atoms with van der Waals surface area (Å²) in [5.41, 5.74) is 8.92. The fourth-order valence-electron chi connectivity index (χ4n) is 2.28. The number of hydrogen-bond donors (Lipinski definition) is 1. The summed E-state index contributed by atoms with van der Waals surface area (Å²) in [4.78, 5) is 2.46. The van der Waals surface area contributed by atoms with Crippen molar-refractivity contribution in [1.29, 1.82) is 0 Å². The molecule has 1 aromatic carbocycles. The SMILES string of the molecule is CCN(CC)CCSC(c1ccccc1C)C(C)N. The Morgan fingerprint density at radius 2 is 1.84 bits per heavy atom. The quantitative estimate of drug-likeness (QED) is 0.791. The van der Waals surface area contributed by atoms with Gasteiger partial charge in [-0.3, -0.25) is 0 Å². The van der Waals surface area contributed by atoms with E-state index in [1.807, 2.05) is 11.8 Å². The first-order chi connectivity index (χ1) is 9.10. The van der Waals surface area contributed by atoms with Gasteiger partial charge in [0.15, 0.2) is 0 Å². The molecule has 1 rings (SSSR count). The lowest BCUT2D eigenvalue weighted by Gasteiger charge is -2.24. The van der Waals surface area contributed by atoms with Crippen molar-refractivity contribution in [3.8, 4) is 0 Å². The zero-order valence-corrected chi connectivity index (χ0v) is 13.5. The lowest BCUT2D eigenvalue weighted by atomic mass is 10.0. The van der Waals surface area contributed by atoms with Gasteiger partial charge >= 0.3 is 0 Å². The largest absolute Gasteiger partial charge is 0.327 e. The molecule has 0 heterocycles. The molecule has 0 saturated carbocycles. The van der Waals surface area contributed by atoms with E-state index in [2.05, 4.69) is 56.9 Å². The van der Waals surface area contributed by atoms with Crippen molar-refractivity contribution in [3.05, 3.63) is 35.4 Å². The van der Waals surface area contributed by atoms with E-state index >= 15 is 0 Å². The number of aryl methyl sites for hydroxylation is 1. The topological polar surface area (TPSA) is 29.3 Å². The summed E-state index contributed by atoms with van der Waals surface area (Å²) >= 11 is 1.99. The van der Waals surface area contributed by atoms with Gasteiger partial charge in [0.05, 0.1) is 0 Å². The highest BCUT2D eigenvalue weighted by Crippen LogP contribution is 2.33. The zero-order valence-electron chi connectivity index (χ0n) is 12.7. The highest BCUT2D eigenvalue weighted by Gasteiger charge is 2.18. The van der Waals surface area contributed by atoms with Crippen LogP contribution in [0.15, 0.2) is 24.3 Å². The Morgan fingerprint density at radius 3 is 2.37 bits per heavy atom. The van der Waals surface area contributed by atoms with E-state index in [9.17, 15) is 0 Å². The maximum atomic E-state index is 6.19. The third-order valence-corrected chi connectivity index (χ3v) is 5.03. The minimum absolute atomic E-state index is 0.183. The molecular weight excluding hydrogens is 252 g/mol. The van der Waals surface area contributed by atoms with E-state index in [1.165, 1.54) is 11.1 Å². The van der Waals surface area contributed by atoms with Crippen molar-refractivity contribution in [2.24, 2.45) is 5.73 Å². The van der Waals surface area contributed by atoms with Crippen molar-refractivity contribution in [2.45, 2.75) is 39.0 Å². The van der Waals surface area contributed by atoms with Crippen LogP contribution in [-0.4, -0.2) is 36.3 Å². The van der Waals surface area contributed by atoms with Gasteiger partial charge in [0, 0.05) is 23.6 Å². The van der Waals surface area contributed by atoms with Crippen LogP contribution >= 0.6 is 11.8 Å².